The molecule has 0 aromatic carbocycles. The van der Waals surface area contributed by atoms with E-state index in [2.05, 4.69) is 47.2 Å². The fourth-order valence-electron chi connectivity index (χ4n) is 0.793. The van der Waals surface area contributed by atoms with E-state index < -0.39 is 0 Å². The first-order valence-electron chi connectivity index (χ1n) is 4.06. The van der Waals surface area contributed by atoms with Gasteiger partial charge in [0.1, 0.15) is 0 Å². The molecule has 0 aliphatic rings. The largest absolute Gasteiger partial charge is 0.258 e. The Morgan fingerprint density at radius 3 is 2.30 bits per heavy atom. The molecule has 0 saturated heterocycles. The molecule has 10 heavy (non-hydrogen) atoms. The van der Waals surface area contributed by atoms with Crippen molar-refractivity contribution in [1.29, 1.82) is 0 Å². The maximum absolute atomic E-state index is 3.21. The highest BCUT2D eigenvalue weighted by Crippen LogP contribution is 2.11. The van der Waals surface area contributed by atoms with Crippen LogP contribution in [0.15, 0.2) is 0 Å². The summed E-state index contributed by atoms with van der Waals surface area (Å²) in [5.74, 6) is 0.896. The molecule has 2 heteroatoms. The van der Waals surface area contributed by atoms with Crippen molar-refractivity contribution < 1.29 is 0 Å². The second-order valence-corrected chi connectivity index (χ2v) is 3.72. The first-order valence-corrected chi connectivity index (χ1v) is 5.14. The third-order valence-corrected chi connectivity index (χ3v) is 3.04. The van der Waals surface area contributed by atoms with Crippen LogP contribution in [0.5, 0.6) is 0 Å². The van der Waals surface area contributed by atoms with Crippen LogP contribution in [0.3, 0.4) is 0 Å². The van der Waals surface area contributed by atoms with E-state index in [0.29, 0.717) is 6.04 Å². The third-order valence-electron chi connectivity index (χ3n) is 1.98. The molecule has 0 aliphatic carbocycles. The predicted molar refractivity (Wildman–Crippen MR) is 55.3 cm³/mol. The Morgan fingerprint density at radius 2 is 1.90 bits per heavy atom. The van der Waals surface area contributed by atoms with Crippen LogP contribution in [0.1, 0.15) is 40.0 Å². The van der Waals surface area contributed by atoms with E-state index in [1.807, 2.05) is 0 Å². The lowest BCUT2D eigenvalue weighted by atomic mass is 10.0. The molecule has 0 radical (unpaired) electrons. The van der Waals surface area contributed by atoms with Crippen LogP contribution in [0.2, 0.25) is 0 Å². The Kier molecular flexibility index (Phi) is 6.85. The highest BCUT2D eigenvalue weighted by molar-refractivity contribution is 14.1. The fraction of sp³-hybridized carbons (Fsp3) is 1.00. The topological polar surface area (TPSA) is 12.0 Å². The average molecular weight is 255 g/mol. The van der Waals surface area contributed by atoms with Crippen molar-refractivity contribution in [1.82, 2.24) is 3.53 Å². The van der Waals surface area contributed by atoms with Crippen LogP contribution in [-0.4, -0.2) is 6.04 Å². The SMILES string of the molecule is CCC(C)CCC(C)NI. The molecule has 0 heterocycles. The van der Waals surface area contributed by atoms with E-state index in [0.717, 1.165) is 5.92 Å². The van der Waals surface area contributed by atoms with Crippen LogP contribution in [0, 0.1) is 5.92 Å². The lowest BCUT2D eigenvalue weighted by molar-refractivity contribution is 0.463. The molecule has 0 aromatic heterocycles. The van der Waals surface area contributed by atoms with Crippen LogP contribution < -0.4 is 3.53 Å². The van der Waals surface area contributed by atoms with Gasteiger partial charge in [-0.1, -0.05) is 20.3 Å². The van der Waals surface area contributed by atoms with Crippen molar-refractivity contribution in [3.8, 4) is 0 Å². The number of rotatable bonds is 5. The number of nitrogens with one attached hydrogen (secondary N) is 1. The molecule has 0 fully saturated rings. The third kappa shape index (κ3) is 5.47. The van der Waals surface area contributed by atoms with E-state index in [-0.39, 0.29) is 0 Å². The molecule has 0 rings (SSSR count). The normalized spacial score (nSPS) is 16.8. The Hall–Kier alpha value is 0.690. The highest BCUT2D eigenvalue weighted by Gasteiger charge is 2.02. The standard InChI is InChI=1S/C8H18IN/c1-4-7(2)5-6-8(3)10-9/h7-8,10H,4-6H2,1-3H3. The Morgan fingerprint density at radius 1 is 1.30 bits per heavy atom. The minimum atomic E-state index is 0.676. The van der Waals surface area contributed by atoms with Crippen LogP contribution >= 0.6 is 22.9 Å². The summed E-state index contributed by atoms with van der Waals surface area (Å²) in [6.07, 6.45) is 3.97. The zero-order valence-electron chi connectivity index (χ0n) is 7.15. The predicted octanol–water partition coefficient (Wildman–Crippen LogP) is 3.14. The molecule has 2 atom stereocenters. The van der Waals surface area contributed by atoms with E-state index in [9.17, 15) is 0 Å². The minimum Gasteiger partial charge on any atom is -0.258 e. The average Bonchev–Trinajstić information content (AvgIpc) is 1.99. The van der Waals surface area contributed by atoms with E-state index in [1.54, 1.807) is 0 Å². The van der Waals surface area contributed by atoms with Crippen LogP contribution in [0.4, 0.5) is 0 Å². The Labute approximate surface area is 78.5 Å². The van der Waals surface area contributed by atoms with Gasteiger partial charge in [-0.25, -0.2) is 0 Å². The Balaban J connectivity index is 3.17. The van der Waals surface area contributed by atoms with Gasteiger partial charge in [-0.2, -0.15) is 0 Å². The summed E-state index contributed by atoms with van der Waals surface area (Å²) >= 11 is 2.22. The van der Waals surface area contributed by atoms with Gasteiger partial charge < -0.3 is 0 Å². The van der Waals surface area contributed by atoms with Crippen LogP contribution in [0.25, 0.3) is 0 Å². The summed E-state index contributed by atoms with van der Waals surface area (Å²) < 4.78 is 3.21. The summed E-state index contributed by atoms with van der Waals surface area (Å²) in [6.45, 7) is 6.81. The number of halogens is 1. The summed E-state index contributed by atoms with van der Waals surface area (Å²) in [7, 11) is 0. The zero-order valence-corrected chi connectivity index (χ0v) is 9.31. The lowest BCUT2D eigenvalue weighted by Crippen LogP contribution is -2.15. The molecule has 0 spiro atoms. The van der Waals surface area contributed by atoms with Gasteiger partial charge in [0.25, 0.3) is 0 Å². The molecule has 0 aromatic rings. The van der Waals surface area contributed by atoms with Gasteiger partial charge in [-0.3, -0.25) is 3.53 Å². The molecule has 1 N–H and O–H groups in total. The summed E-state index contributed by atoms with van der Waals surface area (Å²) in [5.41, 5.74) is 0. The van der Waals surface area contributed by atoms with Crippen molar-refractivity contribution in [2.75, 3.05) is 0 Å². The first kappa shape index (κ1) is 10.7. The van der Waals surface area contributed by atoms with Crippen molar-refractivity contribution >= 4 is 22.9 Å². The van der Waals surface area contributed by atoms with Gasteiger partial charge in [-0.15, -0.1) is 0 Å². The summed E-state index contributed by atoms with van der Waals surface area (Å²) in [6, 6.07) is 0.676. The maximum atomic E-state index is 3.21. The van der Waals surface area contributed by atoms with E-state index >= 15 is 0 Å². The Bertz CT molecular complexity index is 65.7. The van der Waals surface area contributed by atoms with E-state index in [1.165, 1.54) is 19.3 Å². The second-order valence-electron chi connectivity index (χ2n) is 3.10. The van der Waals surface area contributed by atoms with E-state index in [4.69, 9.17) is 0 Å². The lowest BCUT2D eigenvalue weighted by Gasteiger charge is -2.11. The smallest absolute Gasteiger partial charge is 0.0172 e. The number of hydrogen-bond donors (Lipinski definition) is 1. The van der Waals surface area contributed by atoms with Gasteiger partial charge in [-0.05, 0) is 25.7 Å². The maximum Gasteiger partial charge on any atom is 0.0172 e. The van der Waals surface area contributed by atoms with Crippen molar-refractivity contribution in [2.24, 2.45) is 5.92 Å². The molecule has 0 bridgehead atoms. The molecular weight excluding hydrogens is 237 g/mol. The van der Waals surface area contributed by atoms with Crippen molar-refractivity contribution in [3.05, 3.63) is 0 Å². The van der Waals surface area contributed by atoms with Gasteiger partial charge >= 0.3 is 0 Å². The van der Waals surface area contributed by atoms with Crippen molar-refractivity contribution in [2.45, 2.75) is 46.1 Å². The quantitative estimate of drug-likeness (QED) is 0.587. The molecule has 2 unspecified atom stereocenters. The van der Waals surface area contributed by atoms with Crippen molar-refractivity contribution in [3.63, 3.8) is 0 Å². The zero-order chi connectivity index (χ0) is 7.98. The molecule has 0 amide bonds. The fourth-order valence-corrected chi connectivity index (χ4v) is 1.10. The molecular formula is C8H18IN. The molecule has 1 nitrogen and oxygen atoms in total. The summed E-state index contributed by atoms with van der Waals surface area (Å²) in [4.78, 5) is 0. The summed E-state index contributed by atoms with van der Waals surface area (Å²) in [5, 5.41) is 0. The molecule has 0 saturated carbocycles. The number of hydrogen-bond acceptors (Lipinski definition) is 1. The highest BCUT2D eigenvalue weighted by atomic mass is 127. The monoisotopic (exact) mass is 255 g/mol. The molecule has 62 valence electrons. The van der Waals surface area contributed by atoms with Gasteiger partial charge in [0.15, 0.2) is 0 Å². The second kappa shape index (κ2) is 6.40. The van der Waals surface area contributed by atoms with Gasteiger partial charge in [0, 0.05) is 28.9 Å². The first-order chi connectivity index (χ1) is 4.70. The van der Waals surface area contributed by atoms with Gasteiger partial charge in [0.2, 0.25) is 0 Å². The molecule has 0 aliphatic heterocycles. The van der Waals surface area contributed by atoms with Crippen LogP contribution in [-0.2, 0) is 0 Å². The minimum absolute atomic E-state index is 0.676. The van der Waals surface area contributed by atoms with Gasteiger partial charge in [0.05, 0.1) is 0 Å².